The molecule has 3 rings (SSSR count). The first kappa shape index (κ1) is 17.9. The first-order valence-electron chi connectivity index (χ1n) is 8.72. The Kier molecular flexibility index (Phi) is 5.23. The minimum absolute atomic E-state index is 0.00266. The minimum Gasteiger partial charge on any atom is -0.354 e. The number of carbonyl (C=O) groups is 2. The predicted molar refractivity (Wildman–Crippen MR) is 99.8 cm³/mol. The van der Waals surface area contributed by atoms with Gasteiger partial charge in [0.05, 0.1) is 0 Å². The molecule has 6 heteroatoms. The zero-order valence-corrected chi connectivity index (χ0v) is 14.9. The smallest absolute Gasteiger partial charge is 0.274 e. The molecule has 2 aromatic carbocycles. The van der Waals surface area contributed by atoms with E-state index < -0.39 is 5.91 Å². The van der Waals surface area contributed by atoms with E-state index in [9.17, 15) is 9.59 Å². The Balaban J connectivity index is 2.03. The summed E-state index contributed by atoms with van der Waals surface area (Å²) in [6.45, 7) is 4.91. The van der Waals surface area contributed by atoms with Crippen molar-refractivity contribution >= 4 is 23.2 Å². The van der Waals surface area contributed by atoms with E-state index >= 15 is 0 Å². The lowest BCUT2D eigenvalue weighted by Gasteiger charge is -2.30. The average Bonchev–Trinajstić information content (AvgIpc) is 3.08. The highest BCUT2D eigenvalue weighted by atomic mass is 16.5. The van der Waals surface area contributed by atoms with Crippen LogP contribution in [0.15, 0.2) is 48.5 Å². The van der Waals surface area contributed by atoms with Crippen LogP contribution in [0.3, 0.4) is 0 Å². The van der Waals surface area contributed by atoms with Gasteiger partial charge in [-0.1, -0.05) is 26.0 Å². The molecule has 1 heterocycles. The Hall–Kier alpha value is -2.86. The van der Waals surface area contributed by atoms with Crippen LogP contribution in [0.5, 0.6) is 0 Å². The summed E-state index contributed by atoms with van der Waals surface area (Å²) >= 11 is 0. The van der Waals surface area contributed by atoms with Gasteiger partial charge in [-0.15, -0.1) is 0 Å². The zero-order valence-electron chi connectivity index (χ0n) is 14.9. The van der Waals surface area contributed by atoms with Gasteiger partial charge in [0.1, 0.15) is 6.04 Å². The largest absolute Gasteiger partial charge is 0.354 e. The van der Waals surface area contributed by atoms with Crippen molar-refractivity contribution in [3.63, 3.8) is 0 Å². The van der Waals surface area contributed by atoms with Crippen LogP contribution < -0.4 is 15.7 Å². The predicted octanol–water partition coefficient (Wildman–Crippen LogP) is 2.96. The second kappa shape index (κ2) is 7.58. The van der Waals surface area contributed by atoms with Crippen molar-refractivity contribution in [3.8, 4) is 0 Å². The van der Waals surface area contributed by atoms with Crippen LogP contribution >= 0.6 is 0 Å². The number of hydrogen-bond acceptors (Lipinski definition) is 4. The number of nitrogens with zero attached hydrogens (tertiary/aromatic N) is 1. The van der Waals surface area contributed by atoms with Gasteiger partial charge in [-0.25, -0.2) is 5.48 Å². The first-order valence-corrected chi connectivity index (χ1v) is 8.72. The van der Waals surface area contributed by atoms with Gasteiger partial charge < -0.3 is 10.2 Å². The lowest BCUT2D eigenvalue weighted by Crippen LogP contribution is -2.37. The van der Waals surface area contributed by atoms with Gasteiger partial charge in [0.25, 0.3) is 5.91 Å². The Bertz CT molecular complexity index is 802. The molecule has 1 atom stereocenters. The summed E-state index contributed by atoms with van der Waals surface area (Å²) < 4.78 is 0. The van der Waals surface area contributed by atoms with Crippen LogP contribution in [0.1, 0.15) is 42.1 Å². The molecule has 0 aromatic heterocycles. The molecule has 2 amide bonds. The summed E-state index contributed by atoms with van der Waals surface area (Å²) in [5.74, 6) is -0.189. The average molecular weight is 353 g/mol. The molecule has 0 bridgehead atoms. The van der Waals surface area contributed by atoms with Gasteiger partial charge in [-0.2, -0.15) is 0 Å². The molecule has 26 heavy (non-hydrogen) atoms. The minimum atomic E-state index is -0.566. The normalized spacial score (nSPS) is 16.5. The highest BCUT2D eigenvalue weighted by Crippen LogP contribution is 2.32. The Labute approximate surface area is 152 Å². The second-order valence-corrected chi connectivity index (χ2v) is 6.70. The van der Waals surface area contributed by atoms with Crippen molar-refractivity contribution in [3.05, 3.63) is 59.7 Å². The van der Waals surface area contributed by atoms with Crippen LogP contribution in [0.4, 0.5) is 11.4 Å². The summed E-state index contributed by atoms with van der Waals surface area (Å²) in [5.41, 5.74) is 4.94. The van der Waals surface area contributed by atoms with E-state index in [0.717, 1.165) is 11.4 Å². The molecule has 2 aromatic rings. The molecule has 0 spiro atoms. The summed E-state index contributed by atoms with van der Waals surface area (Å²) in [4.78, 5) is 25.9. The maximum atomic E-state index is 12.4. The monoisotopic (exact) mass is 353 g/mol. The lowest BCUT2D eigenvalue weighted by molar-refractivity contribution is -0.120. The fraction of sp³-hybridized carbons (Fsp3) is 0.300. The summed E-state index contributed by atoms with van der Waals surface area (Å²) in [5, 5.41) is 11.7. The lowest BCUT2D eigenvalue weighted by atomic mass is 10.0. The zero-order chi connectivity index (χ0) is 18.7. The Morgan fingerprint density at radius 2 is 1.92 bits per heavy atom. The van der Waals surface area contributed by atoms with E-state index in [1.807, 2.05) is 17.0 Å². The van der Waals surface area contributed by atoms with Crippen molar-refractivity contribution in [2.75, 3.05) is 11.4 Å². The number of benzene rings is 2. The summed E-state index contributed by atoms with van der Waals surface area (Å²) in [7, 11) is 0. The fourth-order valence-electron chi connectivity index (χ4n) is 3.21. The van der Waals surface area contributed by atoms with E-state index in [1.165, 1.54) is 5.56 Å². The molecular weight excluding hydrogens is 330 g/mol. The highest BCUT2D eigenvalue weighted by molar-refractivity contribution is 5.94. The van der Waals surface area contributed by atoms with Gasteiger partial charge in [-0.3, -0.25) is 14.8 Å². The number of rotatable bonds is 5. The summed E-state index contributed by atoms with van der Waals surface area (Å²) in [6, 6.07) is 14.7. The molecule has 0 radical (unpaired) electrons. The van der Waals surface area contributed by atoms with Crippen molar-refractivity contribution in [2.45, 2.75) is 32.2 Å². The molecular formula is C20H23N3O3. The van der Waals surface area contributed by atoms with Crippen molar-refractivity contribution in [1.29, 1.82) is 0 Å². The van der Waals surface area contributed by atoms with Gasteiger partial charge >= 0.3 is 0 Å². The third-order valence-corrected chi connectivity index (χ3v) is 4.66. The van der Waals surface area contributed by atoms with Crippen molar-refractivity contribution in [2.24, 2.45) is 0 Å². The maximum Gasteiger partial charge on any atom is 0.274 e. The highest BCUT2D eigenvalue weighted by Gasteiger charge is 2.31. The van der Waals surface area contributed by atoms with Gasteiger partial charge in [0, 0.05) is 23.5 Å². The second-order valence-electron chi connectivity index (χ2n) is 6.70. The molecule has 1 aliphatic rings. The molecule has 136 valence electrons. The Morgan fingerprint density at radius 3 is 2.50 bits per heavy atom. The van der Waals surface area contributed by atoms with Crippen LogP contribution in [0.25, 0.3) is 0 Å². The molecule has 6 nitrogen and oxygen atoms in total. The van der Waals surface area contributed by atoms with E-state index in [0.29, 0.717) is 24.4 Å². The molecule has 1 fully saturated rings. The van der Waals surface area contributed by atoms with E-state index in [1.54, 1.807) is 29.7 Å². The third kappa shape index (κ3) is 3.55. The van der Waals surface area contributed by atoms with Crippen LogP contribution in [0, 0.1) is 0 Å². The fourth-order valence-corrected chi connectivity index (χ4v) is 3.21. The van der Waals surface area contributed by atoms with E-state index in [2.05, 4.69) is 31.3 Å². The van der Waals surface area contributed by atoms with Gasteiger partial charge in [-0.05, 0) is 54.3 Å². The molecule has 3 N–H and O–H groups in total. The van der Waals surface area contributed by atoms with Crippen LogP contribution in [0.2, 0.25) is 0 Å². The summed E-state index contributed by atoms with van der Waals surface area (Å²) in [6.07, 6.45) is 0.712. The van der Waals surface area contributed by atoms with Gasteiger partial charge in [0.15, 0.2) is 0 Å². The third-order valence-electron chi connectivity index (χ3n) is 4.66. The van der Waals surface area contributed by atoms with Gasteiger partial charge in [0.2, 0.25) is 5.91 Å². The van der Waals surface area contributed by atoms with Crippen molar-refractivity contribution in [1.82, 2.24) is 10.8 Å². The topological polar surface area (TPSA) is 81.7 Å². The van der Waals surface area contributed by atoms with Crippen LogP contribution in [-0.4, -0.2) is 29.6 Å². The number of amides is 2. The number of hydrogen-bond donors (Lipinski definition) is 3. The molecule has 1 saturated heterocycles. The maximum absolute atomic E-state index is 12.4. The molecule has 0 saturated carbocycles. The standard InChI is InChI=1S/C20H23N3O3/c1-13(2)15-4-3-5-17(12-15)23(18-10-11-21-20(18)25)16-8-6-14(7-9-16)19(24)22-26/h3-9,12-13,18,26H,10-11H2,1-2H3,(H,21,25)(H,22,24). The number of anilines is 2. The number of nitrogens with one attached hydrogen (secondary N) is 2. The van der Waals surface area contributed by atoms with E-state index in [4.69, 9.17) is 5.21 Å². The quantitative estimate of drug-likeness (QED) is 0.570. The molecule has 1 aliphatic heterocycles. The SMILES string of the molecule is CC(C)c1cccc(N(c2ccc(C(=O)NO)cc2)C2CCNC2=O)c1. The van der Waals surface area contributed by atoms with E-state index in [-0.39, 0.29) is 11.9 Å². The van der Waals surface area contributed by atoms with Crippen molar-refractivity contribution < 1.29 is 14.8 Å². The number of carbonyl (C=O) groups excluding carboxylic acids is 2. The molecule has 0 aliphatic carbocycles. The van der Waals surface area contributed by atoms with Crippen LogP contribution in [-0.2, 0) is 4.79 Å². The first-order chi connectivity index (χ1) is 12.5. The molecule has 1 unspecified atom stereocenters. The Morgan fingerprint density at radius 1 is 1.19 bits per heavy atom. The number of hydroxylamine groups is 1.